The van der Waals surface area contributed by atoms with Gasteiger partial charge >= 0.3 is 23.9 Å². The highest BCUT2D eigenvalue weighted by Crippen LogP contribution is 2.37. The minimum Gasteiger partial charge on any atom is -0.497 e. The van der Waals surface area contributed by atoms with E-state index in [4.69, 9.17) is 40.0 Å². The number of halogens is 1. The van der Waals surface area contributed by atoms with Crippen molar-refractivity contribution in [3.05, 3.63) is 105 Å². The largest absolute Gasteiger partial charge is 0.497 e. The zero-order chi connectivity index (χ0) is 44.4. The van der Waals surface area contributed by atoms with E-state index in [9.17, 15) is 24.0 Å². The Bertz CT molecular complexity index is 2260. The zero-order valence-electron chi connectivity index (χ0n) is 35.7. The van der Waals surface area contributed by atoms with Crippen LogP contribution in [0.1, 0.15) is 98.5 Å². The van der Waals surface area contributed by atoms with E-state index in [0.717, 1.165) is 11.1 Å². The fourth-order valence-electron chi connectivity index (χ4n) is 7.71. The molecule has 0 atom stereocenters. The molecule has 0 spiro atoms. The lowest BCUT2D eigenvalue weighted by molar-refractivity contribution is -0.152. The normalized spacial score (nSPS) is 19.0. The highest BCUT2D eigenvalue weighted by molar-refractivity contribution is 7.18. The second-order valence-corrected chi connectivity index (χ2v) is 18.5. The van der Waals surface area contributed by atoms with Crippen LogP contribution in [0, 0.1) is 23.7 Å². The molecule has 2 saturated carbocycles. The Hall–Kier alpha value is -5.46. The number of carbonyl (C=O) groups excluding carboxylic acids is 5. The van der Waals surface area contributed by atoms with Crippen LogP contribution < -0.4 is 23.7 Å². The molecule has 328 valence electrons. The first kappa shape index (κ1) is 46.1. The summed E-state index contributed by atoms with van der Waals surface area (Å²) < 4.78 is 34.2. The van der Waals surface area contributed by atoms with Gasteiger partial charge in [-0.05, 0) is 135 Å². The van der Waals surface area contributed by atoms with Crippen molar-refractivity contribution < 1.29 is 52.4 Å². The van der Waals surface area contributed by atoms with Crippen LogP contribution in [0.4, 0.5) is 0 Å². The van der Waals surface area contributed by atoms with Gasteiger partial charge in [-0.15, -0.1) is 11.3 Å². The number of hydrogen-bond acceptors (Lipinski definition) is 12. The third kappa shape index (κ3) is 12.3. The van der Waals surface area contributed by atoms with E-state index >= 15 is 0 Å². The average Bonchev–Trinajstić information content (AvgIpc) is 3.72. The van der Waals surface area contributed by atoms with Crippen LogP contribution >= 0.6 is 22.9 Å². The SMILES string of the molecule is COc1ccc(OC(=O)C2CCC(C(=O)Oc3ccc(CCOC(=O)C4CCC(C(=O)Oc5ccc(OC)cc5C(C)(C)C)CC4)cc3)CC2)c(/C=C/C(=O)c2ccc(Cl)s2)c1. The number of rotatable bonds is 15. The summed E-state index contributed by atoms with van der Waals surface area (Å²) >= 11 is 7.16. The molecule has 2 fully saturated rings. The number of hydrogen-bond donors (Lipinski definition) is 0. The maximum atomic E-state index is 13.2. The lowest BCUT2D eigenvalue weighted by Gasteiger charge is -2.27. The fourth-order valence-corrected chi connectivity index (χ4v) is 8.67. The first-order valence-electron chi connectivity index (χ1n) is 21.0. The van der Waals surface area contributed by atoms with Crippen molar-refractivity contribution in [3.8, 4) is 28.7 Å². The molecule has 0 aliphatic heterocycles. The van der Waals surface area contributed by atoms with Gasteiger partial charge in [0.25, 0.3) is 0 Å². The molecule has 1 heterocycles. The molecule has 0 bridgehead atoms. The standard InChI is InChI=1S/C49H53ClO11S/c1-49(2,3)39-29-38(57-5)20-23-42(39)61-48(55)34-10-8-31(9-11-34)45(52)58-27-26-30-6-17-36(18-7-30)59-46(53)32-12-14-33(15-13-32)47(54)60-41-22-19-37(56-4)28-35(41)16-21-40(51)43-24-25-44(50)62-43/h6-7,16-25,28-29,31-34H,8-15,26-27H2,1-5H3/b21-16+. The molecule has 2 aliphatic rings. The Labute approximate surface area is 371 Å². The van der Waals surface area contributed by atoms with Crippen LogP contribution in [-0.2, 0) is 35.8 Å². The maximum Gasteiger partial charge on any atom is 0.314 e. The van der Waals surface area contributed by atoms with Crippen LogP contribution in [0.15, 0.2) is 78.9 Å². The Morgan fingerprint density at radius 3 is 1.66 bits per heavy atom. The Balaban J connectivity index is 0.897. The van der Waals surface area contributed by atoms with Crippen LogP contribution in [0.3, 0.4) is 0 Å². The molecular formula is C49H53ClO11S. The Morgan fingerprint density at radius 1 is 0.629 bits per heavy atom. The zero-order valence-corrected chi connectivity index (χ0v) is 37.3. The molecule has 3 aromatic carbocycles. The second kappa shape index (κ2) is 21.1. The van der Waals surface area contributed by atoms with Crippen LogP contribution in [0.25, 0.3) is 6.08 Å². The summed E-state index contributed by atoms with van der Waals surface area (Å²) in [6.07, 6.45) is 7.57. The Kier molecular flexibility index (Phi) is 15.7. The Morgan fingerprint density at radius 2 is 1.13 bits per heavy atom. The molecule has 2 aliphatic carbocycles. The summed E-state index contributed by atoms with van der Waals surface area (Å²) in [5, 5.41) is 0. The lowest BCUT2D eigenvalue weighted by atomic mass is 9.82. The topological polar surface area (TPSA) is 141 Å². The molecule has 0 saturated heterocycles. The highest BCUT2D eigenvalue weighted by atomic mass is 35.5. The highest BCUT2D eigenvalue weighted by Gasteiger charge is 2.34. The van der Waals surface area contributed by atoms with Crippen molar-refractivity contribution in [2.24, 2.45) is 23.7 Å². The number of esters is 4. The number of benzene rings is 3. The van der Waals surface area contributed by atoms with E-state index in [1.165, 1.54) is 24.5 Å². The summed E-state index contributed by atoms with van der Waals surface area (Å²) in [6, 6.07) is 20.9. The predicted molar refractivity (Wildman–Crippen MR) is 236 cm³/mol. The van der Waals surface area contributed by atoms with Gasteiger partial charge in [0.1, 0.15) is 28.7 Å². The minimum atomic E-state index is -0.403. The van der Waals surface area contributed by atoms with E-state index in [1.54, 1.807) is 67.8 Å². The summed E-state index contributed by atoms with van der Waals surface area (Å²) in [6.45, 7) is 6.37. The van der Waals surface area contributed by atoms with Gasteiger partial charge in [-0.3, -0.25) is 24.0 Å². The van der Waals surface area contributed by atoms with Gasteiger partial charge < -0.3 is 28.4 Å². The molecule has 62 heavy (non-hydrogen) atoms. The van der Waals surface area contributed by atoms with Gasteiger partial charge in [-0.2, -0.15) is 0 Å². The van der Waals surface area contributed by atoms with Gasteiger partial charge in [0, 0.05) is 17.5 Å². The van der Waals surface area contributed by atoms with Gasteiger partial charge in [-0.25, -0.2) is 0 Å². The maximum absolute atomic E-state index is 13.2. The van der Waals surface area contributed by atoms with E-state index in [1.807, 2.05) is 18.2 Å². The lowest BCUT2D eigenvalue weighted by Crippen LogP contribution is -2.30. The number of methoxy groups -OCH3 is 2. The molecular weight excluding hydrogens is 832 g/mol. The van der Waals surface area contributed by atoms with Crippen molar-refractivity contribution in [3.63, 3.8) is 0 Å². The summed E-state index contributed by atoms with van der Waals surface area (Å²) in [7, 11) is 3.13. The van der Waals surface area contributed by atoms with E-state index in [-0.39, 0.29) is 53.5 Å². The van der Waals surface area contributed by atoms with E-state index in [0.29, 0.717) is 101 Å². The van der Waals surface area contributed by atoms with E-state index < -0.39 is 11.9 Å². The molecule has 13 heteroatoms. The third-order valence-corrected chi connectivity index (χ3v) is 12.7. The number of carbonyl (C=O) groups is 5. The van der Waals surface area contributed by atoms with Crippen LogP contribution in [0.5, 0.6) is 28.7 Å². The number of thiophene rings is 1. The molecule has 0 unspecified atom stereocenters. The molecule has 0 radical (unpaired) electrons. The number of ether oxygens (including phenoxy) is 6. The number of allylic oxidation sites excluding steroid dienone is 1. The van der Waals surface area contributed by atoms with Crippen molar-refractivity contribution in [1.29, 1.82) is 0 Å². The van der Waals surface area contributed by atoms with Gasteiger partial charge in [0.2, 0.25) is 0 Å². The van der Waals surface area contributed by atoms with Gasteiger partial charge in [-0.1, -0.05) is 44.5 Å². The van der Waals surface area contributed by atoms with E-state index in [2.05, 4.69) is 20.8 Å². The summed E-state index contributed by atoms with van der Waals surface area (Å²) in [4.78, 5) is 65.5. The van der Waals surface area contributed by atoms with Gasteiger partial charge in [0.15, 0.2) is 5.78 Å². The number of ketones is 1. The fraction of sp³-hybridized carbons (Fsp3) is 0.408. The van der Waals surface area contributed by atoms with Crippen molar-refractivity contribution >= 4 is 58.7 Å². The van der Waals surface area contributed by atoms with Crippen LogP contribution in [-0.4, -0.2) is 50.5 Å². The predicted octanol–water partition coefficient (Wildman–Crippen LogP) is 10.4. The average molecular weight is 885 g/mol. The molecule has 11 nitrogen and oxygen atoms in total. The van der Waals surface area contributed by atoms with Crippen molar-refractivity contribution in [1.82, 2.24) is 0 Å². The molecule has 0 amide bonds. The van der Waals surface area contributed by atoms with Gasteiger partial charge in [0.05, 0.1) is 53.7 Å². The van der Waals surface area contributed by atoms with Crippen LogP contribution in [0.2, 0.25) is 4.34 Å². The molecule has 6 rings (SSSR count). The summed E-state index contributed by atoms with van der Waals surface area (Å²) in [5.74, 6) is -0.347. The van der Waals surface area contributed by atoms with Crippen molar-refractivity contribution in [2.75, 3.05) is 20.8 Å². The summed E-state index contributed by atoms with van der Waals surface area (Å²) in [5.41, 5.74) is 2.07. The molecule has 0 N–H and O–H groups in total. The first-order valence-corrected chi connectivity index (χ1v) is 22.1. The molecule has 4 aromatic rings. The monoisotopic (exact) mass is 884 g/mol. The van der Waals surface area contributed by atoms with Crippen molar-refractivity contribution in [2.45, 2.75) is 84.0 Å². The third-order valence-electron chi connectivity index (χ3n) is 11.4. The smallest absolute Gasteiger partial charge is 0.314 e. The minimum absolute atomic E-state index is 0.208. The second-order valence-electron chi connectivity index (χ2n) is 16.7. The first-order chi connectivity index (χ1) is 29.7. The molecule has 1 aromatic heterocycles. The quantitative estimate of drug-likeness (QED) is 0.0487.